The van der Waals surface area contributed by atoms with E-state index < -0.39 is 5.60 Å². The van der Waals surface area contributed by atoms with E-state index in [1.54, 1.807) is 0 Å². The molecule has 0 atom stereocenters. The van der Waals surface area contributed by atoms with Crippen LogP contribution in [0.2, 0.25) is 0 Å². The van der Waals surface area contributed by atoms with Crippen LogP contribution in [0.15, 0.2) is 18.2 Å². The first-order valence-corrected chi connectivity index (χ1v) is 8.42. The summed E-state index contributed by atoms with van der Waals surface area (Å²) < 4.78 is 5.44. The molecule has 0 bridgehead atoms. The van der Waals surface area contributed by atoms with Crippen molar-refractivity contribution in [2.75, 3.05) is 26.2 Å². The van der Waals surface area contributed by atoms with Crippen LogP contribution in [-0.4, -0.2) is 47.7 Å². The Hall–Kier alpha value is -1.59. The quantitative estimate of drug-likeness (QED) is 0.909. The zero-order valence-electron chi connectivity index (χ0n) is 14.4. The van der Waals surface area contributed by atoms with Crippen LogP contribution < -0.4 is 5.32 Å². The highest BCUT2D eigenvalue weighted by Crippen LogP contribution is 2.19. The number of piperazine rings is 1. The molecule has 2 aliphatic heterocycles. The van der Waals surface area contributed by atoms with Gasteiger partial charge in [0.1, 0.15) is 5.60 Å². The highest BCUT2D eigenvalue weighted by Gasteiger charge is 2.25. The van der Waals surface area contributed by atoms with Gasteiger partial charge in [0.05, 0.1) is 0 Å². The van der Waals surface area contributed by atoms with Gasteiger partial charge >= 0.3 is 6.09 Å². The Kier molecular flexibility index (Phi) is 4.60. The van der Waals surface area contributed by atoms with Crippen molar-refractivity contribution in [1.29, 1.82) is 0 Å². The lowest BCUT2D eigenvalue weighted by molar-refractivity contribution is 0.0139. The molecular formula is C18H27N3O2. The highest BCUT2D eigenvalue weighted by molar-refractivity contribution is 5.68. The molecule has 1 aromatic rings. The fourth-order valence-corrected chi connectivity index (χ4v) is 3.12. The summed E-state index contributed by atoms with van der Waals surface area (Å²) in [4.78, 5) is 16.3. The Labute approximate surface area is 138 Å². The molecule has 2 aliphatic rings. The van der Waals surface area contributed by atoms with Gasteiger partial charge in [0.2, 0.25) is 0 Å². The predicted octanol–water partition coefficient (Wildman–Crippen LogP) is 2.34. The maximum absolute atomic E-state index is 12.1. The van der Waals surface area contributed by atoms with Crippen LogP contribution in [0.1, 0.15) is 37.5 Å². The van der Waals surface area contributed by atoms with Crippen molar-refractivity contribution in [3.63, 3.8) is 0 Å². The maximum atomic E-state index is 12.1. The van der Waals surface area contributed by atoms with Crippen LogP contribution in [0.25, 0.3) is 0 Å². The van der Waals surface area contributed by atoms with Crippen LogP contribution in [-0.2, 0) is 24.4 Å². The Bertz CT molecular complexity index is 572. The molecule has 1 fully saturated rings. The molecule has 23 heavy (non-hydrogen) atoms. The van der Waals surface area contributed by atoms with Gasteiger partial charge in [0, 0.05) is 45.8 Å². The van der Waals surface area contributed by atoms with E-state index in [4.69, 9.17) is 4.74 Å². The van der Waals surface area contributed by atoms with Crippen LogP contribution in [0.3, 0.4) is 0 Å². The molecule has 1 N–H and O–H groups in total. The SMILES string of the molecule is CC(C)(C)OC(=O)N1CCN(Cc2ccc3c(c2)CNC3)CC1. The molecule has 1 saturated heterocycles. The molecule has 5 nitrogen and oxygen atoms in total. The predicted molar refractivity (Wildman–Crippen MR) is 90.1 cm³/mol. The molecule has 0 radical (unpaired) electrons. The fourth-order valence-electron chi connectivity index (χ4n) is 3.12. The first-order valence-electron chi connectivity index (χ1n) is 8.42. The van der Waals surface area contributed by atoms with Crippen LogP contribution in [0, 0.1) is 0 Å². The fraction of sp³-hybridized carbons (Fsp3) is 0.611. The van der Waals surface area contributed by atoms with Gasteiger partial charge in [0.15, 0.2) is 0 Å². The number of ether oxygens (including phenoxy) is 1. The molecule has 0 unspecified atom stereocenters. The normalized spacial score (nSPS) is 18.8. The molecule has 0 aromatic heterocycles. The summed E-state index contributed by atoms with van der Waals surface area (Å²) in [6.45, 7) is 11.9. The lowest BCUT2D eigenvalue weighted by Crippen LogP contribution is -2.49. The molecule has 5 heteroatoms. The number of hydrogen-bond donors (Lipinski definition) is 1. The molecule has 2 heterocycles. The first-order chi connectivity index (χ1) is 10.9. The molecule has 0 aliphatic carbocycles. The molecule has 1 aromatic carbocycles. The second-order valence-electron chi connectivity index (χ2n) is 7.45. The Balaban J connectivity index is 1.50. The van der Waals surface area contributed by atoms with Gasteiger partial charge in [0.25, 0.3) is 0 Å². The minimum atomic E-state index is -0.424. The summed E-state index contributed by atoms with van der Waals surface area (Å²) in [7, 11) is 0. The number of benzene rings is 1. The molecule has 3 rings (SSSR count). The Morgan fingerprint density at radius 1 is 1.13 bits per heavy atom. The van der Waals surface area contributed by atoms with Gasteiger partial charge < -0.3 is 15.0 Å². The zero-order valence-corrected chi connectivity index (χ0v) is 14.4. The average molecular weight is 317 g/mol. The van der Waals surface area contributed by atoms with Crippen LogP contribution in [0.5, 0.6) is 0 Å². The van der Waals surface area contributed by atoms with Gasteiger partial charge in [-0.25, -0.2) is 4.79 Å². The van der Waals surface area contributed by atoms with Gasteiger partial charge in [-0.2, -0.15) is 0 Å². The van der Waals surface area contributed by atoms with E-state index in [0.717, 1.165) is 45.8 Å². The number of fused-ring (bicyclic) bond motifs is 1. The number of hydrogen-bond acceptors (Lipinski definition) is 4. The molecule has 0 spiro atoms. The monoisotopic (exact) mass is 317 g/mol. The van der Waals surface area contributed by atoms with Crippen molar-refractivity contribution in [2.24, 2.45) is 0 Å². The van der Waals surface area contributed by atoms with Crippen molar-refractivity contribution >= 4 is 6.09 Å². The van der Waals surface area contributed by atoms with Crippen molar-refractivity contribution in [3.05, 3.63) is 34.9 Å². The second-order valence-corrected chi connectivity index (χ2v) is 7.45. The molecular weight excluding hydrogens is 290 g/mol. The van der Waals surface area contributed by atoms with E-state index in [0.29, 0.717) is 0 Å². The van der Waals surface area contributed by atoms with E-state index >= 15 is 0 Å². The van der Waals surface area contributed by atoms with E-state index in [2.05, 4.69) is 28.4 Å². The molecule has 1 amide bonds. The Morgan fingerprint density at radius 3 is 2.52 bits per heavy atom. The average Bonchev–Trinajstić information content (AvgIpc) is 2.94. The largest absolute Gasteiger partial charge is 0.444 e. The number of nitrogens with one attached hydrogen (secondary N) is 1. The van der Waals surface area contributed by atoms with Gasteiger partial charge in [-0.3, -0.25) is 4.90 Å². The lowest BCUT2D eigenvalue weighted by Gasteiger charge is -2.35. The number of amides is 1. The van der Waals surface area contributed by atoms with Crippen LogP contribution in [0.4, 0.5) is 4.79 Å². The maximum Gasteiger partial charge on any atom is 0.410 e. The highest BCUT2D eigenvalue weighted by atomic mass is 16.6. The summed E-state index contributed by atoms with van der Waals surface area (Å²) in [5.74, 6) is 0. The smallest absolute Gasteiger partial charge is 0.410 e. The van der Waals surface area contributed by atoms with E-state index in [1.165, 1.54) is 16.7 Å². The zero-order chi connectivity index (χ0) is 16.4. The third-order valence-corrected chi connectivity index (χ3v) is 4.33. The molecule has 0 saturated carbocycles. The summed E-state index contributed by atoms with van der Waals surface area (Å²) in [5.41, 5.74) is 3.78. The minimum absolute atomic E-state index is 0.194. The second kappa shape index (κ2) is 6.49. The number of carbonyl (C=O) groups excluding carboxylic acids is 1. The number of nitrogens with zero attached hydrogens (tertiary/aromatic N) is 2. The Morgan fingerprint density at radius 2 is 1.83 bits per heavy atom. The van der Waals surface area contributed by atoms with Crippen molar-refractivity contribution in [2.45, 2.75) is 46.0 Å². The summed E-state index contributed by atoms with van der Waals surface area (Å²) in [6.07, 6.45) is -0.194. The van der Waals surface area contributed by atoms with Crippen molar-refractivity contribution in [1.82, 2.24) is 15.1 Å². The summed E-state index contributed by atoms with van der Waals surface area (Å²) in [5, 5.41) is 3.38. The summed E-state index contributed by atoms with van der Waals surface area (Å²) in [6, 6.07) is 6.78. The number of rotatable bonds is 2. The minimum Gasteiger partial charge on any atom is -0.444 e. The van der Waals surface area contributed by atoms with E-state index in [1.807, 2.05) is 25.7 Å². The lowest BCUT2D eigenvalue weighted by atomic mass is 10.1. The van der Waals surface area contributed by atoms with Crippen molar-refractivity contribution < 1.29 is 9.53 Å². The molecule has 126 valence electrons. The third-order valence-electron chi connectivity index (χ3n) is 4.33. The topological polar surface area (TPSA) is 44.8 Å². The van der Waals surface area contributed by atoms with Gasteiger partial charge in [-0.05, 0) is 37.5 Å². The standard InChI is InChI=1S/C18H27N3O2/c1-18(2,3)23-17(22)21-8-6-20(7-9-21)13-14-4-5-15-11-19-12-16(15)10-14/h4-5,10,19H,6-9,11-13H2,1-3H3. The number of carbonyl (C=O) groups is 1. The summed E-state index contributed by atoms with van der Waals surface area (Å²) >= 11 is 0. The van der Waals surface area contributed by atoms with Gasteiger partial charge in [-0.15, -0.1) is 0 Å². The van der Waals surface area contributed by atoms with Crippen molar-refractivity contribution in [3.8, 4) is 0 Å². The van der Waals surface area contributed by atoms with Gasteiger partial charge in [-0.1, -0.05) is 18.2 Å². The van der Waals surface area contributed by atoms with E-state index in [9.17, 15) is 4.79 Å². The van der Waals surface area contributed by atoms with Crippen LogP contribution >= 0.6 is 0 Å². The third kappa shape index (κ3) is 4.24. The first kappa shape index (κ1) is 16.3. The van der Waals surface area contributed by atoms with E-state index in [-0.39, 0.29) is 6.09 Å².